The number of nitrogens with zero attached hydrogens (tertiary/aromatic N) is 5. The number of allylic oxidation sites excluding steroid dienone is 4. The van der Waals surface area contributed by atoms with Crippen molar-refractivity contribution >= 4 is 76.8 Å². The van der Waals surface area contributed by atoms with Crippen LogP contribution in [0, 0.1) is 17.9 Å². The summed E-state index contributed by atoms with van der Waals surface area (Å²) in [7, 11) is 0. The highest BCUT2D eigenvalue weighted by Gasteiger charge is 2.25. The standard InChI is InChI=1S/C44H27N5/c1-46-36-24-23-28(27-45)43(48-38-20-10-5-15-30(38)31-16-6-11-21-39(31)48)44(36)49-40-22-12-8-18-33(40)35-25-41-34(26-42(35)49)32-17-7-9-19-37(32)47(41)29-13-3-2-4-14-29/h2-3,5-13,15-26H,4,14H2. The van der Waals surface area contributed by atoms with E-state index in [1.165, 1.54) is 16.6 Å². The number of aromatic nitrogens is 3. The number of nitriles is 1. The molecule has 0 aliphatic heterocycles. The number of fused-ring (bicyclic) bond motifs is 9. The lowest BCUT2D eigenvalue weighted by molar-refractivity contribution is 0.979. The van der Waals surface area contributed by atoms with Gasteiger partial charge in [0.1, 0.15) is 6.07 Å². The minimum atomic E-state index is 0.486. The van der Waals surface area contributed by atoms with Crippen LogP contribution in [0.4, 0.5) is 5.69 Å². The van der Waals surface area contributed by atoms with E-state index in [0.29, 0.717) is 22.6 Å². The average molecular weight is 626 g/mol. The summed E-state index contributed by atoms with van der Waals surface area (Å²) in [4.78, 5) is 4.11. The van der Waals surface area contributed by atoms with Crippen LogP contribution >= 0.6 is 0 Å². The summed E-state index contributed by atoms with van der Waals surface area (Å²) in [6.07, 6.45) is 8.61. The zero-order chi connectivity index (χ0) is 32.6. The van der Waals surface area contributed by atoms with E-state index in [-0.39, 0.29) is 0 Å². The van der Waals surface area contributed by atoms with Crippen LogP contribution in [0.15, 0.2) is 140 Å². The van der Waals surface area contributed by atoms with Crippen LogP contribution < -0.4 is 0 Å². The van der Waals surface area contributed by atoms with Crippen molar-refractivity contribution in [3.05, 3.63) is 157 Å². The summed E-state index contributed by atoms with van der Waals surface area (Å²) in [5.41, 5.74) is 10.00. The largest absolute Gasteiger partial charge is 0.317 e. The zero-order valence-corrected chi connectivity index (χ0v) is 26.4. The SMILES string of the molecule is [C-]#[N+]c1ccc(C#N)c(-n2c3ccccc3c3ccccc32)c1-n1c2ccccc2c2cc3c(cc21)c1ccccc1n3C1=CC=CCC1. The molecular formula is C44H27N5. The first-order chi connectivity index (χ1) is 24.3. The monoisotopic (exact) mass is 625 g/mol. The van der Waals surface area contributed by atoms with Crippen molar-refractivity contribution < 1.29 is 0 Å². The fourth-order valence-corrected chi connectivity index (χ4v) is 8.12. The van der Waals surface area contributed by atoms with Crippen molar-refractivity contribution in [2.75, 3.05) is 0 Å². The molecule has 3 heterocycles. The molecule has 9 aromatic rings. The van der Waals surface area contributed by atoms with Gasteiger partial charge in [0.2, 0.25) is 5.69 Å². The van der Waals surface area contributed by atoms with Gasteiger partial charge in [0.15, 0.2) is 0 Å². The highest BCUT2D eigenvalue weighted by atomic mass is 15.1. The van der Waals surface area contributed by atoms with E-state index in [9.17, 15) is 5.26 Å². The van der Waals surface area contributed by atoms with E-state index in [2.05, 4.69) is 140 Å². The minimum Gasteiger partial charge on any atom is -0.317 e. The van der Waals surface area contributed by atoms with Gasteiger partial charge >= 0.3 is 0 Å². The van der Waals surface area contributed by atoms with Gasteiger partial charge in [0.05, 0.1) is 56.6 Å². The molecule has 5 heteroatoms. The normalized spacial score (nSPS) is 13.1. The van der Waals surface area contributed by atoms with Crippen LogP contribution in [-0.4, -0.2) is 13.7 Å². The Labute approximate surface area is 281 Å². The summed E-state index contributed by atoms with van der Waals surface area (Å²) >= 11 is 0. The molecule has 10 rings (SSSR count). The molecule has 1 aliphatic carbocycles. The maximum Gasteiger partial charge on any atom is 0.212 e. The van der Waals surface area contributed by atoms with Crippen LogP contribution in [0.2, 0.25) is 0 Å². The van der Waals surface area contributed by atoms with Crippen LogP contribution in [-0.2, 0) is 0 Å². The molecule has 0 fully saturated rings. The number of hydrogen-bond acceptors (Lipinski definition) is 1. The molecule has 0 spiro atoms. The second-order valence-corrected chi connectivity index (χ2v) is 12.6. The van der Waals surface area contributed by atoms with Gasteiger partial charge in [-0.2, -0.15) is 5.26 Å². The summed E-state index contributed by atoms with van der Waals surface area (Å²) in [6.45, 7) is 8.44. The van der Waals surface area contributed by atoms with E-state index >= 15 is 0 Å². The number of rotatable bonds is 3. The molecule has 0 N–H and O–H groups in total. The molecule has 5 nitrogen and oxygen atoms in total. The zero-order valence-electron chi connectivity index (χ0n) is 26.4. The molecule has 6 aromatic carbocycles. The Morgan fingerprint density at radius 1 is 0.551 bits per heavy atom. The molecule has 0 atom stereocenters. The Morgan fingerprint density at radius 2 is 1.04 bits per heavy atom. The third kappa shape index (κ3) is 3.73. The van der Waals surface area contributed by atoms with Gasteiger partial charge in [0.25, 0.3) is 0 Å². The Kier molecular flexibility index (Phi) is 5.76. The lowest BCUT2D eigenvalue weighted by Crippen LogP contribution is -2.06. The van der Waals surface area contributed by atoms with Crippen molar-refractivity contribution in [2.45, 2.75) is 12.8 Å². The second-order valence-electron chi connectivity index (χ2n) is 12.6. The number of hydrogen-bond donors (Lipinski definition) is 0. The lowest BCUT2D eigenvalue weighted by Gasteiger charge is -2.20. The molecule has 0 saturated heterocycles. The van der Waals surface area contributed by atoms with Gasteiger partial charge in [0, 0.05) is 38.0 Å². The topological polar surface area (TPSA) is 42.9 Å². The van der Waals surface area contributed by atoms with Crippen molar-refractivity contribution in [3.8, 4) is 17.4 Å². The van der Waals surface area contributed by atoms with Gasteiger partial charge in [-0.05, 0) is 55.3 Å². The number of para-hydroxylation sites is 4. The smallest absolute Gasteiger partial charge is 0.212 e. The molecule has 1 aliphatic rings. The first-order valence-electron chi connectivity index (χ1n) is 16.5. The van der Waals surface area contributed by atoms with Crippen molar-refractivity contribution in [1.82, 2.24) is 13.7 Å². The molecule has 49 heavy (non-hydrogen) atoms. The first-order valence-corrected chi connectivity index (χ1v) is 16.5. The Morgan fingerprint density at radius 3 is 1.55 bits per heavy atom. The predicted octanol–water partition coefficient (Wildman–Crippen LogP) is 11.6. The van der Waals surface area contributed by atoms with Crippen LogP contribution in [0.1, 0.15) is 18.4 Å². The molecule has 0 amide bonds. The van der Waals surface area contributed by atoms with E-state index in [4.69, 9.17) is 6.57 Å². The van der Waals surface area contributed by atoms with Crippen LogP contribution in [0.25, 0.3) is 87.3 Å². The van der Waals surface area contributed by atoms with Gasteiger partial charge < -0.3 is 13.7 Å². The molecule has 0 radical (unpaired) electrons. The first kappa shape index (κ1) is 27.3. The van der Waals surface area contributed by atoms with Crippen LogP contribution in [0.3, 0.4) is 0 Å². The van der Waals surface area contributed by atoms with Crippen molar-refractivity contribution in [3.63, 3.8) is 0 Å². The maximum atomic E-state index is 10.7. The molecule has 0 bridgehead atoms. The fraction of sp³-hybridized carbons (Fsp3) is 0.0455. The van der Waals surface area contributed by atoms with E-state index in [1.807, 2.05) is 12.1 Å². The summed E-state index contributed by atoms with van der Waals surface area (Å²) in [5.74, 6) is 0. The quantitative estimate of drug-likeness (QED) is 0.180. The Bertz CT molecular complexity index is 2970. The van der Waals surface area contributed by atoms with Crippen molar-refractivity contribution in [1.29, 1.82) is 5.26 Å². The molecular weight excluding hydrogens is 599 g/mol. The van der Waals surface area contributed by atoms with Gasteiger partial charge in [-0.3, -0.25) is 0 Å². The van der Waals surface area contributed by atoms with Gasteiger partial charge in [-0.1, -0.05) is 97.1 Å². The summed E-state index contributed by atoms with van der Waals surface area (Å²) in [5, 5.41) is 17.4. The maximum absolute atomic E-state index is 10.7. The average Bonchev–Trinajstić information content (AvgIpc) is 3.79. The lowest BCUT2D eigenvalue weighted by atomic mass is 10.1. The molecule has 0 saturated carbocycles. The van der Waals surface area contributed by atoms with E-state index in [1.54, 1.807) is 12.1 Å². The third-order valence-electron chi connectivity index (χ3n) is 10.1. The minimum absolute atomic E-state index is 0.486. The van der Waals surface area contributed by atoms with Gasteiger partial charge in [-0.25, -0.2) is 4.85 Å². The Balaban J connectivity index is 1.41. The number of benzene rings is 6. The van der Waals surface area contributed by atoms with E-state index in [0.717, 1.165) is 67.4 Å². The summed E-state index contributed by atoms with van der Waals surface area (Å²) in [6, 6.07) is 44.4. The fourth-order valence-electron chi connectivity index (χ4n) is 8.12. The van der Waals surface area contributed by atoms with Crippen molar-refractivity contribution in [2.24, 2.45) is 0 Å². The van der Waals surface area contributed by atoms with Crippen LogP contribution in [0.5, 0.6) is 0 Å². The molecule has 3 aromatic heterocycles. The molecule has 0 unspecified atom stereocenters. The third-order valence-corrected chi connectivity index (χ3v) is 10.1. The Hall–Kier alpha value is -6.82. The predicted molar refractivity (Wildman–Crippen MR) is 202 cm³/mol. The van der Waals surface area contributed by atoms with Gasteiger partial charge in [-0.15, -0.1) is 0 Å². The highest BCUT2D eigenvalue weighted by Crippen LogP contribution is 2.45. The summed E-state index contributed by atoms with van der Waals surface area (Å²) < 4.78 is 6.83. The highest BCUT2D eigenvalue weighted by molar-refractivity contribution is 6.20. The molecule has 228 valence electrons. The van der Waals surface area contributed by atoms with E-state index < -0.39 is 0 Å². The second kappa shape index (κ2) is 10.3.